The zero-order valence-corrected chi connectivity index (χ0v) is 14.3. The first-order valence-electron chi connectivity index (χ1n) is 7.87. The summed E-state index contributed by atoms with van der Waals surface area (Å²) in [5.74, 6) is -2.96. The number of thiazole rings is 1. The molecule has 0 saturated carbocycles. The van der Waals surface area contributed by atoms with Crippen LogP contribution in [0.15, 0.2) is 36.4 Å². The maximum Gasteiger partial charge on any atom is 0.307 e. The lowest BCUT2D eigenvalue weighted by atomic mass is 9.82. The van der Waals surface area contributed by atoms with Gasteiger partial charge in [-0.2, -0.15) is 0 Å². The average Bonchev–Trinajstić information content (AvgIpc) is 2.95. The summed E-state index contributed by atoms with van der Waals surface area (Å²) in [6, 6.07) is 5.99. The number of carbonyl (C=O) groups excluding carboxylic acids is 1. The summed E-state index contributed by atoms with van der Waals surface area (Å²) in [6.07, 6.45) is 4.38. The van der Waals surface area contributed by atoms with Gasteiger partial charge in [0, 0.05) is 10.4 Å². The normalized spacial score (nSPS) is 19.6. The number of halogens is 1. The van der Waals surface area contributed by atoms with E-state index in [1.54, 1.807) is 18.2 Å². The molecule has 1 heterocycles. The van der Waals surface area contributed by atoms with Crippen LogP contribution in [-0.4, -0.2) is 22.0 Å². The van der Waals surface area contributed by atoms with Gasteiger partial charge in [-0.1, -0.05) is 12.2 Å². The quantitative estimate of drug-likeness (QED) is 0.812. The number of benzene rings is 1. The van der Waals surface area contributed by atoms with Crippen molar-refractivity contribution in [2.45, 2.75) is 19.8 Å². The number of carboxylic acid groups (broad SMARTS) is 1. The molecule has 0 spiro atoms. The van der Waals surface area contributed by atoms with E-state index in [1.807, 2.05) is 13.0 Å². The Morgan fingerprint density at radius 3 is 2.48 bits per heavy atom. The molecule has 1 aliphatic carbocycles. The molecule has 1 aromatic heterocycles. The summed E-state index contributed by atoms with van der Waals surface area (Å²) in [5.41, 5.74) is 1.44. The lowest BCUT2D eigenvalue weighted by molar-refractivity contribution is -0.146. The van der Waals surface area contributed by atoms with Crippen molar-refractivity contribution in [1.82, 2.24) is 4.98 Å². The minimum absolute atomic E-state index is 0.324. The monoisotopic (exact) mass is 360 g/mol. The molecule has 7 heteroatoms. The number of hydrogen-bond donors (Lipinski definition) is 2. The molecule has 130 valence electrons. The van der Waals surface area contributed by atoms with Crippen molar-refractivity contribution >= 4 is 28.3 Å². The molecule has 1 amide bonds. The Hall–Kier alpha value is -2.54. The average molecular weight is 360 g/mol. The molecule has 0 saturated heterocycles. The third kappa shape index (κ3) is 3.76. The number of nitrogens with one attached hydrogen (secondary N) is 1. The molecule has 2 aromatic rings. The van der Waals surface area contributed by atoms with E-state index in [-0.39, 0.29) is 11.7 Å². The summed E-state index contributed by atoms with van der Waals surface area (Å²) in [4.78, 5) is 29.1. The van der Waals surface area contributed by atoms with E-state index in [1.165, 1.54) is 23.5 Å². The van der Waals surface area contributed by atoms with E-state index in [0.717, 1.165) is 10.4 Å². The molecular formula is C18H17FN2O3S. The van der Waals surface area contributed by atoms with Gasteiger partial charge < -0.3 is 10.4 Å². The van der Waals surface area contributed by atoms with Gasteiger partial charge in [-0.25, -0.2) is 9.37 Å². The van der Waals surface area contributed by atoms with Gasteiger partial charge in [0.25, 0.3) is 0 Å². The molecule has 2 atom stereocenters. The van der Waals surface area contributed by atoms with Crippen LogP contribution in [0.2, 0.25) is 0 Å². The van der Waals surface area contributed by atoms with Gasteiger partial charge in [0.15, 0.2) is 5.13 Å². The molecule has 25 heavy (non-hydrogen) atoms. The molecule has 0 aliphatic heterocycles. The molecule has 1 aromatic carbocycles. The molecule has 0 fully saturated rings. The van der Waals surface area contributed by atoms with E-state index < -0.39 is 17.8 Å². The van der Waals surface area contributed by atoms with Crippen LogP contribution in [0.5, 0.6) is 0 Å². The van der Waals surface area contributed by atoms with Crippen LogP contribution in [-0.2, 0) is 9.59 Å². The maximum atomic E-state index is 13.1. The second kappa shape index (κ2) is 7.14. The number of nitrogens with zero attached hydrogens (tertiary/aromatic N) is 1. The number of amides is 1. The summed E-state index contributed by atoms with van der Waals surface area (Å²) < 4.78 is 13.1. The molecule has 2 N–H and O–H groups in total. The molecule has 1 aliphatic rings. The molecule has 0 radical (unpaired) electrons. The Bertz CT molecular complexity index is 829. The van der Waals surface area contributed by atoms with Crippen LogP contribution < -0.4 is 5.32 Å². The molecule has 2 unspecified atom stereocenters. The van der Waals surface area contributed by atoms with Gasteiger partial charge in [-0.05, 0) is 44.0 Å². The van der Waals surface area contributed by atoms with E-state index in [9.17, 15) is 19.1 Å². The number of carboxylic acids is 1. The number of rotatable bonds is 4. The van der Waals surface area contributed by atoms with Crippen molar-refractivity contribution in [2.75, 3.05) is 5.32 Å². The second-order valence-corrected chi connectivity index (χ2v) is 7.12. The first-order chi connectivity index (χ1) is 12.0. The highest BCUT2D eigenvalue weighted by Crippen LogP contribution is 2.32. The summed E-state index contributed by atoms with van der Waals surface area (Å²) in [6.45, 7) is 1.87. The fraction of sp³-hybridized carbons (Fsp3) is 0.278. The van der Waals surface area contributed by atoms with Crippen LogP contribution in [0.1, 0.15) is 17.7 Å². The van der Waals surface area contributed by atoms with Crippen LogP contribution in [0, 0.1) is 24.6 Å². The summed E-state index contributed by atoms with van der Waals surface area (Å²) >= 11 is 1.31. The van der Waals surface area contributed by atoms with Crippen molar-refractivity contribution in [3.63, 3.8) is 0 Å². The first-order valence-corrected chi connectivity index (χ1v) is 8.69. The smallest absolute Gasteiger partial charge is 0.307 e. The predicted octanol–water partition coefficient (Wildman–Crippen LogP) is 3.86. The number of carbonyl (C=O) groups is 2. The lowest BCUT2D eigenvalue weighted by Crippen LogP contribution is -2.34. The van der Waals surface area contributed by atoms with Crippen molar-refractivity contribution < 1.29 is 19.1 Å². The number of aliphatic carboxylic acids is 1. The van der Waals surface area contributed by atoms with Crippen molar-refractivity contribution in [3.05, 3.63) is 47.1 Å². The Kier molecular flexibility index (Phi) is 4.94. The van der Waals surface area contributed by atoms with E-state index >= 15 is 0 Å². The van der Waals surface area contributed by atoms with E-state index in [2.05, 4.69) is 10.3 Å². The fourth-order valence-corrected chi connectivity index (χ4v) is 3.74. The van der Waals surface area contributed by atoms with Crippen molar-refractivity contribution in [3.8, 4) is 11.3 Å². The third-order valence-electron chi connectivity index (χ3n) is 4.23. The number of allylic oxidation sites excluding steroid dienone is 2. The number of hydrogen-bond acceptors (Lipinski definition) is 4. The number of aromatic nitrogens is 1. The third-order valence-corrected chi connectivity index (χ3v) is 5.12. The molecule has 3 rings (SSSR count). The van der Waals surface area contributed by atoms with Gasteiger partial charge >= 0.3 is 5.97 Å². The number of anilines is 1. The zero-order valence-electron chi connectivity index (χ0n) is 13.5. The Balaban J connectivity index is 1.78. The highest BCUT2D eigenvalue weighted by atomic mass is 32.1. The topological polar surface area (TPSA) is 79.3 Å². The summed E-state index contributed by atoms with van der Waals surface area (Å²) in [5, 5.41) is 12.4. The Morgan fingerprint density at radius 1 is 1.20 bits per heavy atom. The van der Waals surface area contributed by atoms with E-state index in [0.29, 0.717) is 23.7 Å². The van der Waals surface area contributed by atoms with Gasteiger partial charge in [0.05, 0.1) is 17.5 Å². The Morgan fingerprint density at radius 2 is 1.84 bits per heavy atom. The van der Waals surface area contributed by atoms with Crippen LogP contribution in [0.25, 0.3) is 11.3 Å². The zero-order chi connectivity index (χ0) is 18.0. The molecular weight excluding hydrogens is 343 g/mol. The van der Waals surface area contributed by atoms with Crippen LogP contribution >= 0.6 is 11.3 Å². The molecule has 5 nitrogen and oxygen atoms in total. The lowest BCUT2D eigenvalue weighted by Gasteiger charge is -2.23. The van der Waals surface area contributed by atoms with Gasteiger partial charge in [-0.3, -0.25) is 9.59 Å². The minimum atomic E-state index is -0.966. The van der Waals surface area contributed by atoms with Gasteiger partial charge in [0.2, 0.25) is 5.91 Å². The highest BCUT2D eigenvalue weighted by molar-refractivity contribution is 7.16. The van der Waals surface area contributed by atoms with Gasteiger partial charge in [0.1, 0.15) is 5.82 Å². The molecule has 0 bridgehead atoms. The summed E-state index contributed by atoms with van der Waals surface area (Å²) in [7, 11) is 0. The largest absolute Gasteiger partial charge is 0.481 e. The van der Waals surface area contributed by atoms with E-state index in [4.69, 9.17) is 0 Å². The fourth-order valence-electron chi connectivity index (χ4n) is 2.90. The van der Waals surface area contributed by atoms with Crippen molar-refractivity contribution in [1.29, 1.82) is 0 Å². The SMILES string of the molecule is Cc1sc(NC(=O)C2CC=CCC2C(=O)O)nc1-c1ccc(F)cc1. The second-order valence-electron chi connectivity index (χ2n) is 5.91. The standard InChI is InChI=1S/C18H17FN2O3S/c1-10-15(11-6-8-12(19)9-7-11)20-18(25-10)21-16(22)13-4-2-3-5-14(13)17(23)24/h2-3,6-9,13-14H,4-5H2,1H3,(H,23,24)(H,20,21,22). The van der Waals surface area contributed by atoms with Gasteiger partial charge in [-0.15, -0.1) is 11.3 Å². The number of aryl methyl sites for hydroxylation is 1. The maximum absolute atomic E-state index is 13.1. The highest BCUT2D eigenvalue weighted by Gasteiger charge is 2.34. The van der Waals surface area contributed by atoms with Crippen molar-refractivity contribution in [2.24, 2.45) is 11.8 Å². The van der Waals surface area contributed by atoms with Crippen LogP contribution in [0.3, 0.4) is 0 Å². The Labute approximate surface area is 148 Å². The first kappa shape index (κ1) is 17.3. The van der Waals surface area contributed by atoms with Crippen LogP contribution in [0.4, 0.5) is 9.52 Å². The predicted molar refractivity (Wildman–Crippen MR) is 93.9 cm³/mol. The minimum Gasteiger partial charge on any atom is -0.481 e.